The van der Waals surface area contributed by atoms with Gasteiger partial charge in [-0.1, -0.05) is 19.4 Å². The Kier molecular flexibility index (Phi) is 5.69. The first-order valence-corrected chi connectivity index (χ1v) is 8.70. The van der Waals surface area contributed by atoms with Crippen LogP contribution in [0.3, 0.4) is 0 Å². The van der Waals surface area contributed by atoms with Crippen LogP contribution in [0.4, 0.5) is 5.69 Å². The van der Waals surface area contributed by atoms with Crippen LogP contribution in [0.15, 0.2) is 57.7 Å². The Labute approximate surface area is 160 Å². The SMILES string of the molecule is CCCCOc1ccc(-c2cc(=O)oc(-c3cccc([N+](=O)[O-])c3[O-])n2)cc1. The normalized spacial score (nSPS) is 10.6. The molecule has 28 heavy (non-hydrogen) atoms. The van der Waals surface area contributed by atoms with Gasteiger partial charge in [0.15, 0.2) is 0 Å². The van der Waals surface area contributed by atoms with E-state index in [4.69, 9.17) is 9.15 Å². The smallest absolute Gasteiger partial charge is 0.339 e. The fraction of sp³-hybridized carbons (Fsp3) is 0.200. The van der Waals surface area contributed by atoms with Gasteiger partial charge in [0.2, 0.25) is 5.89 Å². The van der Waals surface area contributed by atoms with Crippen molar-refractivity contribution in [2.24, 2.45) is 0 Å². The van der Waals surface area contributed by atoms with Crippen molar-refractivity contribution >= 4 is 5.69 Å². The van der Waals surface area contributed by atoms with E-state index in [0.717, 1.165) is 18.9 Å². The van der Waals surface area contributed by atoms with Gasteiger partial charge < -0.3 is 14.3 Å². The van der Waals surface area contributed by atoms with Gasteiger partial charge in [0.25, 0.3) is 5.69 Å². The average Bonchev–Trinajstić information content (AvgIpc) is 2.68. The number of benzene rings is 2. The molecule has 0 atom stereocenters. The average molecular weight is 381 g/mol. The molecule has 3 aromatic rings. The summed E-state index contributed by atoms with van der Waals surface area (Å²) in [6.07, 6.45) is 1.98. The van der Waals surface area contributed by atoms with Gasteiger partial charge in [-0.3, -0.25) is 10.1 Å². The number of rotatable bonds is 7. The Bertz CT molecular complexity index is 1040. The van der Waals surface area contributed by atoms with Gasteiger partial charge in [-0.05, 0) is 42.5 Å². The van der Waals surface area contributed by atoms with E-state index in [9.17, 15) is 20.0 Å². The van der Waals surface area contributed by atoms with Crippen molar-refractivity contribution in [2.45, 2.75) is 19.8 Å². The number of ether oxygens (including phenoxy) is 1. The number of unbranched alkanes of at least 4 members (excludes halogenated alkanes) is 1. The van der Waals surface area contributed by atoms with E-state index in [2.05, 4.69) is 11.9 Å². The van der Waals surface area contributed by atoms with Crippen LogP contribution in [0.1, 0.15) is 19.8 Å². The molecule has 0 radical (unpaired) electrons. The Hall–Kier alpha value is -3.68. The second kappa shape index (κ2) is 8.34. The number of nitro benzene ring substituents is 1. The largest absolute Gasteiger partial charge is 0.867 e. The van der Waals surface area contributed by atoms with Crippen molar-refractivity contribution in [3.05, 3.63) is 69.1 Å². The third kappa shape index (κ3) is 4.17. The summed E-state index contributed by atoms with van der Waals surface area (Å²) >= 11 is 0. The number of nitro groups is 1. The molecule has 0 fully saturated rings. The number of hydrogen-bond donors (Lipinski definition) is 0. The van der Waals surface area contributed by atoms with E-state index in [-0.39, 0.29) is 17.1 Å². The third-order valence-corrected chi connectivity index (χ3v) is 4.01. The molecule has 0 aliphatic carbocycles. The number of hydrogen-bond acceptors (Lipinski definition) is 7. The van der Waals surface area contributed by atoms with Crippen molar-refractivity contribution in [3.8, 4) is 34.2 Å². The standard InChI is InChI=1S/C20H18N2O6/c1-2-3-11-27-14-9-7-13(8-10-14)16-12-18(23)28-20(21-16)15-5-4-6-17(19(15)24)22(25)26/h4-10,12,24H,2-3,11H2,1H3/p-1. The van der Waals surface area contributed by atoms with Crippen LogP contribution in [-0.2, 0) is 0 Å². The molecule has 0 spiro atoms. The number of nitrogens with zero attached hydrogens (tertiary/aromatic N) is 2. The fourth-order valence-electron chi connectivity index (χ4n) is 2.56. The highest BCUT2D eigenvalue weighted by Crippen LogP contribution is 2.33. The lowest BCUT2D eigenvalue weighted by atomic mass is 10.1. The van der Waals surface area contributed by atoms with E-state index in [1.165, 1.54) is 18.2 Å². The molecule has 0 bridgehead atoms. The van der Waals surface area contributed by atoms with Gasteiger partial charge in [0.1, 0.15) is 5.75 Å². The first-order valence-electron chi connectivity index (χ1n) is 8.70. The Morgan fingerprint density at radius 1 is 1.18 bits per heavy atom. The molecule has 8 nitrogen and oxygen atoms in total. The summed E-state index contributed by atoms with van der Waals surface area (Å²) in [6, 6.07) is 11.9. The molecule has 0 amide bonds. The van der Waals surface area contributed by atoms with Gasteiger partial charge >= 0.3 is 5.63 Å². The molecule has 2 aromatic carbocycles. The molecule has 0 unspecified atom stereocenters. The molecule has 8 heteroatoms. The molecular weight excluding hydrogens is 364 g/mol. The zero-order valence-corrected chi connectivity index (χ0v) is 15.1. The Morgan fingerprint density at radius 2 is 1.93 bits per heavy atom. The zero-order valence-electron chi connectivity index (χ0n) is 15.1. The molecule has 0 N–H and O–H groups in total. The third-order valence-electron chi connectivity index (χ3n) is 4.01. The first-order chi connectivity index (χ1) is 13.5. The maximum Gasteiger partial charge on any atom is 0.339 e. The van der Waals surface area contributed by atoms with Crippen LogP contribution in [0.2, 0.25) is 0 Å². The van der Waals surface area contributed by atoms with Gasteiger partial charge in [0.05, 0.1) is 23.3 Å². The van der Waals surface area contributed by atoms with E-state index in [1.807, 2.05) is 0 Å². The highest BCUT2D eigenvalue weighted by Gasteiger charge is 2.15. The molecule has 0 aliphatic heterocycles. The Balaban J connectivity index is 1.96. The molecular formula is C20H17N2O6-. The van der Waals surface area contributed by atoms with E-state index in [1.54, 1.807) is 24.3 Å². The predicted octanol–water partition coefficient (Wildman–Crippen LogP) is 3.53. The zero-order chi connectivity index (χ0) is 20.1. The minimum absolute atomic E-state index is 0.146. The fourth-order valence-corrected chi connectivity index (χ4v) is 2.56. The second-order valence-electron chi connectivity index (χ2n) is 6.00. The molecule has 1 aromatic heterocycles. The van der Waals surface area contributed by atoms with Crippen LogP contribution in [0.5, 0.6) is 11.5 Å². The summed E-state index contributed by atoms with van der Waals surface area (Å²) in [4.78, 5) is 26.4. The monoisotopic (exact) mass is 381 g/mol. The minimum Gasteiger partial charge on any atom is -0.867 e. The van der Waals surface area contributed by atoms with Gasteiger partial charge in [-0.2, -0.15) is 0 Å². The van der Waals surface area contributed by atoms with Gasteiger partial charge in [0, 0.05) is 17.2 Å². The maximum atomic E-state index is 12.3. The van der Waals surface area contributed by atoms with Crippen molar-refractivity contribution in [3.63, 3.8) is 0 Å². The molecule has 0 saturated carbocycles. The quantitative estimate of drug-likeness (QED) is 0.349. The summed E-state index contributed by atoms with van der Waals surface area (Å²) in [5.74, 6) is -0.430. The lowest BCUT2D eigenvalue weighted by Crippen LogP contribution is -2.05. The molecule has 0 aliphatic rings. The Morgan fingerprint density at radius 3 is 2.61 bits per heavy atom. The molecule has 3 rings (SSSR count). The summed E-state index contributed by atoms with van der Waals surface area (Å²) in [5, 5.41) is 23.2. The summed E-state index contributed by atoms with van der Waals surface area (Å²) < 4.78 is 10.6. The second-order valence-corrected chi connectivity index (χ2v) is 6.00. The topological polar surface area (TPSA) is 119 Å². The summed E-state index contributed by atoms with van der Waals surface area (Å²) in [7, 11) is 0. The highest BCUT2D eigenvalue weighted by molar-refractivity contribution is 5.70. The van der Waals surface area contributed by atoms with Crippen LogP contribution in [0.25, 0.3) is 22.7 Å². The van der Waals surface area contributed by atoms with Crippen LogP contribution in [0, 0.1) is 10.1 Å². The van der Waals surface area contributed by atoms with E-state index < -0.39 is 22.0 Å². The number of para-hydroxylation sites is 1. The lowest BCUT2D eigenvalue weighted by Gasteiger charge is -2.12. The van der Waals surface area contributed by atoms with E-state index >= 15 is 0 Å². The summed E-state index contributed by atoms with van der Waals surface area (Å²) in [5.41, 5.74) is -0.560. The molecule has 144 valence electrons. The number of aromatic nitrogens is 1. The van der Waals surface area contributed by atoms with E-state index in [0.29, 0.717) is 17.9 Å². The first kappa shape index (κ1) is 19.1. The lowest BCUT2D eigenvalue weighted by molar-refractivity contribution is -0.398. The minimum atomic E-state index is -0.861. The van der Waals surface area contributed by atoms with Crippen molar-refractivity contribution in [2.75, 3.05) is 6.61 Å². The maximum absolute atomic E-state index is 12.3. The van der Waals surface area contributed by atoms with Crippen LogP contribution in [-0.4, -0.2) is 16.5 Å². The summed E-state index contributed by atoms with van der Waals surface area (Å²) in [6.45, 7) is 2.69. The van der Waals surface area contributed by atoms with Crippen molar-refractivity contribution < 1.29 is 19.2 Å². The molecule has 0 saturated heterocycles. The van der Waals surface area contributed by atoms with Gasteiger partial charge in [-0.15, -0.1) is 0 Å². The van der Waals surface area contributed by atoms with Crippen LogP contribution >= 0.6 is 0 Å². The predicted molar refractivity (Wildman–Crippen MR) is 100 cm³/mol. The van der Waals surface area contributed by atoms with Gasteiger partial charge in [-0.25, -0.2) is 9.78 Å². The van der Waals surface area contributed by atoms with Crippen molar-refractivity contribution in [1.82, 2.24) is 4.98 Å². The van der Waals surface area contributed by atoms with Crippen molar-refractivity contribution in [1.29, 1.82) is 0 Å². The molecule has 1 heterocycles. The van der Waals surface area contributed by atoms with Crippen LogP contribution < -0.4 is 15.5 Å². The highest BCUT2D eigenvalue weighted by atomic mass is 16.6.